The van der Waals surface area contributed by atoms with Crippen LogP contribution in [0.25, 0.3) is 0 Å². The number of hydrogen-bond donors (Lipinski definition) is 0. The Morgan fingerprint density at radius 3 is 2.85 bits per heavy atom. The van der Waals surface area contributed by atoms with Crippen molar-refractivity contribution in [3.63, 3.8) is 0 Å². The number of benzene rings is 1. The minimum atomic E-state index is 0.108. The third kappa shape index (κ3) is 2.78. The standard InChI is InChI=1S/C10H13NO2/c1-11(2)9-4-3-5-10(8-9)13-7-6-12/h3-6,8H,7H2,1-2H3. The average molecular weight is 179 g/mol. The van der Waals surface area contributed by atoms with Gasteiger partial charge >= 0.3 is 0 Å². The van der Waals surface area contributed by atoms with Crippen LogP contribution < -0.4 is 9.64 Å². The lowest BCUT2D eigenvalue weighted by molar-refractivity contribution is -0.109. The van der Waals surface area contributed by atoms with E-state index in [9.17, 15) is 4.79 Å². The maximum absolute atomic E-state index is 10.1. The second kappa shape index (κ2) is 4.50. The van der Waals surface area contributed by atoms with E-state index in [0.29, 0.717) is 0 Å². The van der Waals surface area contributed by atoms with Gasteiger partial charge in [0.25, 0.3) is 0 Å². The van der Waals surface area contributed by atoms with Gasteiger partial charge in [0.15, 0.2) is 6.29 Å². The summed E-state index contributed by atoms with van der Waals surface area (Å²) < 4.78 is 5.15. The summed E-state index contributed by atoms with van der Waals surface area (Å²) >= 11 is 0. The molecule has 0 saturated carbocycles. The number of carbonyl (C=O) groups is 1. The Morgan fingerprint density at radius 2 is 2.23 bits per heavy atom. The van der Waals surface area contributed by atoms with Crippen LogP contribution in [0.1, 0.15) is 0 Å². The Kier molecular flexibility index (Phi) is 3.31. The van der Waals surface area contributed by atoms with Crippen molar-refractivity contribution in [1.82, 2.24) is 0 Å². The van der Waals surface area contributed by atoms with Crippen LogP contribution in [0.5, 0.6) is 5.75 Å². The molecule has 3 heteroatoms. The van der Waals surface area contributed by atoms with Gasteiger partial charge in [0.05, 0.1) is 0 Å². The summed E-state index contributed by atoms with van der Waals surface area (Å²) in [6, 6.07) is 7.60. The molecule has 0 spiro atoms. The highest BCUT2D eigenvalue weighted by Gasteiger charge is 1.97. The molecule has 0 N–H and O–H groups in total. The van der Waals surface area contributed by atoms with E-state index < -0.39 is 0 Å². The molecule has 70 valence electrons. The second-order valence-electron chi connectivity index (χ2n) is 2.87. The number of rotatable bonds is 4. The van der Waals surface area contributed by atoms with Gasteiger partial charge in [-0.3, -0.25) is 4.79 Å². The lowest BCUT2D eigenvalue weighted by Crippen LogP contribution is -2.08. The average Bonchev–Trinajstić information content (AvgIpc) is 2.15. The van der Waals surface area contributed by atoms with Crippen molar-refractivity contribution in [1.29, 1.82) is 0 Å². The van der Waals surface area contributed by atoms with Gasteiger partial charge in [0, 0.05) is 25.8 Å². The summed E-state index contributed by atoms with van der Waals surface area (Å²) in [6.07, 6.45) is 0.738. The van der Waals surface area contributed by atoms with Crippen molar-refractivity contribution in [3.8, 4) is 5.75 Å². The number of anilines is 1. The monoisotopic (exact) mass is 179 g/mol. The number of carbonyl (C=O) groups excluding carboxylic acids is 1. The molecular formula is C10H13NO2. The fourth-order valence-corrected chi connectivity index (χ4v) is 0.982. The molecular weight excluding hydrogens is 166 g/mol. The molecule has 0 saturated heterocycles. The number of ether oxygens (including phenoxy) is 1. The number of nitrogens with zero attached hydrogens (tertiary/aromatic N) is 1. The minimum Gasteiger partial charge on any atom is -0.486 e. The van der Waals surface area contributed by atoms with Crippen molar-refractivity contribution < 1.29 is 9.53 Å². The van der Waals surface area contributed by atoms with Gasteiger partial charge in [-0.1, -0.05) is 6.07 Å². The van der Waals surface area contributed by atoms with Crippen LogP contribution in [0, 0.1) is 0 Å². The zero-order chi connectivity index (χ0) is 9.68. The van der Waals surface area contributed by atoms with Gasteiger partial charge in [-0.05, 0) is 12.1 Å². The molecule has 0 unspecified atom stereocenters. The van der Waals surface area contributed by atoms with Gasteiger partial charge in [0.1, 0.15) is 12.4 Å². The van der Waals surface area contributed by atoms with Crippen molar-refractivity contribution >= 4 is 12.0 Å². The molecule has 3 nitrogen and oxygen atoms in total. The molecule has 1 aromatic carbocycles. The van der Waals surface area contributed by atoms with Gasteiger partial charge < -0.3 is 9.64 Å². The fraction of sp³-hybridized carbons (Fsp3) is 0.300. The van der Waals surface area contributed by atoms with Gasteiger partial charge in [-0.2, -0.15) is 0 Å². The SMILES string of the molecule is CN(C)c1cccc(OCC=O)c1. The molecule has 0 aliphatic carbocycles. The van der Waals surface area contributed by atoms with E-state index in [1.165, 1.54) is 0 Å². The Hall–Kier alpha value is -1.51. The van der Waals surface area contributed by atoms with Crippen LogP contribution in [-0.2, 0) is 4.79 Å². The van der Waals surface area contributed by atoms with E-state index in [2.05, 4.69) is 0 Å². The first-order valence-corrected chi connectivity index (χ1v) is 4.08. The predicted octanol–water partition coefficient (Wildman–Crippen LogP) is 1.33. The maximum atomic E-state index is 10.1. The van der Waals surface area contributed by atoms with Crippen LogP contribution in [0.4, 0.5) is 5.69 Å². The van der Waals surface area contributed by atoms with E-state index in [0.717, 1.165) is 17.7 Å². The third-order valence-corrected chi connectivity index (χ3v) is 1.65. The zero-order valence-corrected chi connectivity index (χ0v) is 7.86. The molecule has 0 radical (unpaired) electrons. The molecule has 0 fully saturated rings. The summed E-state index contributed by atoms with van der Waals surface area (Å²) in [6.45, 7) is 0.108. The molecule has 1 rings (SSSR count). The first kappa shape index (κ1) is 9.58. The molecule has 0 amide bonds. The van der Waals surface area contributed by atoms with Crippen molar-refractivity contribution in [2.24, 2.45) is 0 Å². The van der Waals surface area contributed by atoms with Crippen molar-refractivity contribution in [2.75, 3.05) is 25.6 Å². The zero-order valence-electron chi connectivity index (χ0n) is 7.86. The highest BCUT2D eigenvalue weighted by molar-refractivity contribution is 5.53. The maximum Gasteiger partial charge on any atom is 0.157 e. The van der Waals surface area contributed by atoms with Crippen molar-refractivity contribution in [3.05, 3.63) is 24.3 Å². The smallest absolute Gasteiger partial charge is 0.157 e. The van der Waals surface area contributed by atoms with E-state index in [1.807, 2.05) is 43.3 Å². The van der Waals surface area contributed by atoms with Crippen LogP contribution in [-0.4, -0.2) is 27.0 Å². The number of aldehydes is 1. The molecule has 0 bridgehead atoms. The lowest BCUT2D eigenvalue weighted by atomic mass is 10.3. The lowest BCUT2D eigenvalue weighted by Gasteiger charge is -2.13. The number of hydrogen-bond acceptors (Lipinski definition) is 3. The second-order valence-corrected chi connectivity index (χ2v) is 2.87. The molecule has 0 aromatic heterocycles. The van der Waals surface area contributed by atoms with Crippen LogP contribution in [0.3, 0.4) is 0 Å². The summed E-state index contributed by atoms with van der Waals surface area (Å²) in [5.41, 5.74) is 1.06. The molecule has 13 heavy (non-hydrogen) atoms. The largest absolute Gasteiger partial charge is 0.486 e. The minimum absolute atomic E-state index is 0.108. The summed E-state index contributed by atoms with van der Waals surface area (Å²) in [5, 5.41) is 0. The summed E-state index contributed by atoms with van der Waals surface area (Å²) in [7, 11) is 3.91. The first-order chi connectivity index (χ1) is 6.24. The van der Waals surface area contributed by atoms with Crippen LogP contribution in [0.2, 0.25) is 0 Å². The Labute approximate surface area is 77.9 Å². The fourth-order valence-electron chi connectivity index (χ4n) is 0.982. The van der Waals surface area contributed by atoms with E-state index >= 15 is 0 Å². The van der Waals surface area contributed by atoms with Crippen molar-refractivity contribution in [2.45, 2.75) is 0 Å². The molecule has 1 aromatic rings. The Balaban J connectivity index is 2.73. The summed E-state index contributed by atoms with van der Waals surface area (Å²) in [4.78, 5) is 12.0. The van der Waals surface area contributed by atoms with E-state index in [4.69, 9.17) is 4.74 Å². The van der Waals surface area contributed by atoms with Crippen LogP contribution >= 0.6 is 0 Å². The van der Waals surface area contributed by atoms with Gasteiger partial charge in [-0.15, -0.1) is 0 Å². The molecule has 0 aliphatic rings. The van der Waals surface area contributed by atoms with Gasteiger partial charge in [-0.25, -0.2) is 0 Å². The Bertz CT molecular complexity index is 284. The van der Waals surface area contributed by atoms with Gasteiger partial charge in [0.2, 0.25) is 0 Å². The van der Waals surface area contributed by atoms with E-state index in [1.54, 1.807) is 0 Å². The Morgan fingerprint density at radius 1 is 1.46 bits per heavy atom. The third-order valence-electron chi connectivity index (χ3n) is 1.65. The topological polar surface area (TPSA) is 29.5 Å². The molecule has 0 atom stereocenters. The quantitative estimate of drug-likeness (QED) is 0.653. The van der Waals surface area contributed by atoms with Crippen LogP contribution in [0.15, 0.2) is 24.3 Å². The molecule has 0 aliphatic heterocycles. The highest BCUT2D eigenvalue weighted by Crippen LogP contribution is 2.18. The first-order valence-electron chi connectivity index (χ1n) is 4.08. The normalized spacial score (nSPS) is 9.38. The summed E-state index contributed by atoms with van der Waals surface area (Å²) in [5.74, 6) is 0.721. The highest BCUT2D eigenvalue weighted by atomic mass is 16.5. The van der Waals surface area contributed by atoms with E-state index in [-0.39, 0.29) is 6.61 Å². The predicted molar refractivity (Wildman–Crippen MR) is 52.3 cm³/mol. The molecule has 0 heterocycles.